The number of amides is 1. The molecule has 8 heteroatoms. The predicted octanol–water partition coefficient (Wildman–Crippen LogP) is 3.75. The Hall–Kier alpha value is -4.07. The highest BCUT2D eigenvalue weighted by Crippen LogP contribution is 2.33. The molecule has 0 atom stereocenters. The Kier molecular flexibility index (Phi) is 4.44. The maximum Gasteiger partial charge on any atom is 0.322 e. The molecule has 4 aromatic rings. The molecule has 0 saturated heterocycles. The molecule has 0 radical (unpaired) electrons. The second-order valence-corrected chi connectivity index (χ2v) is 6.85. The summed E-state index contributed by atoms with van der Waals surface area (Å²) >= 11 is 0. The van der Waals surface area contributed by atoms with Gasteiger partial charge in [-0.1, -0.05) is 24.3 Å². The summed E-state index contributed by atoms with van der Waals surface area (Å²) in [6.45, 7) is 0.954. The minimum atomic E-state index is -0.554. The van der Waals surface area contributed by atoms with Crippen molar-refractivity contribution in [2.45, 2.75) is 13.1 Å². The van der Waals surface area contributed by atoms with Gasteiger partial charge in [0.1, 0.15) is 5.75 Å². The summed E-state index contributed by atoms with van der Waals surface area (Å²) < 4.78 is 20.5. The molecule has 7 nitrogen and oxygen atoms in total. The van der Waals surface area contributed by atoms with Gasteiger partial charge in [0.15, 0.2) is 5.82 Å². The lowest BCUT2D eigenvalue weighted by atomic mass is 10.1. The number of carbonyl (C=O) groups excluding carboxylic acids is 1. The largest absolute Gasteiger partial charge is 0.423 e. The molecular weight excluding hydrogens is 385 g/mol. The topological polar surface area (TPSA) is 73.1 Å². The van der Waals surface area contributed by atoms with Gasteiger partial charge in [0, 0.05) is 25.5 Å². The molecule has 0 saturated carbocycles. The molecule has 5 rings (SSSR count). The van der Waals surface area contributed by atoms with Crippen LogP contribution in [0.2, 0.25) is 0 Å². The quantitative estimate of drug-likeness (QED) is 0.509. The van der Waals surface area contributed by atoms with E-state index in [9.17, 15) is 9.18 Å². The van der Waals surface area contributed by atoms with Crippen LogP contribution in [0.25, 0.3) is 5.69 Å². The number of ether oxygens (including phenoxy) is 1. The second kappa shape index (κ2) is 7.40. The molecule has 0 N–H and O–H groups in total. The van der Waals surface area contributed by atoms with Crippen LogP contribution in [0.1, 0.15) is 21.5 Å². The van der Waals surface area contributed by atoms with Gasteiger partial charge in [-0.15, -0.1) is 0 Å². The van der Waals surface area contributed by atoms with Gasteiger partial charge in [-0.25, -0.2) is 19.0 Å². The summed E-state index contributed by atoms with van der Waals surface area (Å²) in [4.78, 5) is 22.4. The predicted molar refractivity (Wildman–Crippen MR) is 106 cm³/mol. The van der Waals surface area contributed by atoms with Crippen molar-refractivity contribution in [2.24, 2.45) is 0 Å². The minimum absolute atomic E-state index is 0.00902. The molecule has 1 amide bonds. The maximum atomic E-state index is 13.1. The van der Waals surface area contributed by atoms with Gasteiger partial charge in [-0.05, 0) is 35.4 Å². The summed E-state index contributed by atoms with van der Waals surface area (Å²) in [5.74, 6) is -0.319. The van der Waals surface area contributed by atoms with E-state index in [0.717, 1.165) is 29.2 Å². The van der Waals surface area contributed by atoms with Gasteiger partial charge in [0.2, 0.25) is 0 Å². The number of fused-ring (bicyclic) bond motifs is 1. The van der Waals surface area contributed by atoms with Gasteiger partial charge in [-0.2, -0.15) is 5.10 Å². The van der Waals surface area contributed by atoms with Crippen LogP contribution >= 0.6 is 0 Å². The minimum Gasteiger partial charge on any atom is -0.423 e. The average Bonchev–Trinajstić information content (AvgIpc) is 3.40. The zero-order valence-electron chi connectivity index (χ0n) is 15.8. The number of carbonyl (C=O) groups is 1. The molecule has 0 unspecified atom stereocenters. The highest BCUT2D eigenvalue weighted by molar-refractivity contribution is 6.01. The number of benzene rings is 2. The van der Waals surface area contributed by atoms with Crippen molar-refractivity contribution in [2.75, 3.05) is 0 Å². The lowest BCUT2D eigenvalue weighted by Gasteiger charge is -2.16. The molecule has 30 heavy (non-hydrogen) atoms. The third-order valence-corrected chi connectivity index (χ3v) is 4.85. The first kappa shape index (κ1) is 18.0. The Morgan fingerprint density at radius 1 is 1.03 bits per heavy atom. The van der Waals surface area contributed by atoms with E-state index >= 15 is 0 Å². The lowest BCUT2D eigenvalue weighted by Crippen LogP contribution is -2.23. The molecule has 0 bridgehead atoms. The molecular formula is C22H16FN5O2. The van der Waals surface area contributed by atoms with Crippen molar-refractivity contribution < 1.29 is 13.9 Å². The van der Waals surface area contributed by atoms with Crippen LogP contribution in [0.4, 0.5) is 4.39 Å². The first-order valence-electron chi connectivity index (χ1n) is 9.33. The molecule has 0 spiro atoms. The Morgan fingerprint density at radius 2 is 1.83 bits per heavy atom. The van der Waals surface area contributed by atoms with Crippen molar-refractivity contribution in [3.05, 3.63) is 95.8 Å². The number of aromatic nitrogens is 4. The number of rotatable bonds is 5. The van der Waals surface area contributed by atoms with Crippen LogP contribution in [0.3, 0.4) is 0 Å². The smallest absolute Gasteiger partial charge is 0.322 e. The summed E-state index contributed by atoms with van der Waals surface area (Å²) in [5, 5.41) is 4.21. The van der Waals surface area contributed by atoms with E-state index in [4.69, 9.17) is 4.74 Å². The van der Waals surface area contributed by atoms with Crippen LogP contribution in [0, 0.1) is 5.82 Å². The molecule has 0 aliphatic carbocycles. The van der Waals surface area contributed by atoms with Gasteiger partial charge in [-0.3, -0.25) is 4.79 Å². The van der Waals surface area contributed by atoms with Gasteiger partial charge in [0.25, 0.3) is 5.91 Å². The third kappa shape index (κ3) is 3.39. The van der Waals surface area contributed by atoms with E-state index in [1.165, 1.54) is 0 Å². The molecule has 0 fully saturated rings. The maximum absolute atomic E-state index is 13.1. The van der Waals surface area contributed by atoms with Crippen molar-refractivity contribution in [3.8, 4) is 17.4 Å². The standard InChI is InChI=1S/C22H16FN5O2/c23-17-11-24-22(25-12-17)30-19-4-1-3-16-14-27(21(29)20(16)19)13-15-5-7-18(8-6-15)28-10-2-9-26-28/h1-12H,13-14H2. The van der Waals surface area contributed by atoms with Crippen molar-refractivity contribution in [3.63, 3.8) is 0 Å². The first-order valence-corrected chi connectivity index (χ1v) is 9.33. The number of hydrogen-bond acceptors (Lipinski definition) is 5. The Labute approximate surface area is 171 Å². The monoisotopic (exact) mass is 401 g/mol. The van der Waals surface area contributed by atoms with E-state index in [1.807, 2.05) is 48.7 Å². The Bertz CT molecular complexity index is 1190. The molecule has 2 aromatic heterocycles. The van der Waals surface area contributed by atoms with Gasteiger partial charge >= 0.3 is 6.01 Å². The zero-order valence-corrected chi connectivity index (χ0v) is 15.8. The third-order valence-electron chi connectivity index (χ3n) is 4.85. The van der Waals surface area contributed by atoms with Crippen LogP contribution in [-0.2, 0) is 13.1 Å². The zero-order chi connectivity index (χ0) is 20.5. The summed E-state index contributed by atoms with van der Waals surface area (Å²) in [6, 6.07) is 15.2. The van der Waals surface area contributed by atoms with Crippen LogP contribution in [-0.4, -0.2) is 30.6 Å². The Balaban J connectivity index is 1.34. The van der Waals surface area contributed by atoms with E-state index in [1.54, 1.807) is 21.8 Å². The normalized spacial score (nSPS) is 12.8. The van der Waals surface area contributed by atoms with E-state index in [2.05, 4.69) is 15.1 Å². The summed E-state index contributed by atoms with van der Waals surface area (Å²) in [5.41, 5.74) is 3.32. The molecule has 1 aliphatic rings. The first-order chi connectivity index (χ1) is 14.7. The average molecular weight is 401 g/mol. The number of nitrogens with zero attached hydrogens (tertiary/aromatic N) is 5. The van der Waals surface area contributed by atoms with Crippen molar-refractivity contribution in [1.29, 1.82) is 0 Å². The highest BCUT2D eigenvalue weighted by atomic mass is 19.1. The lowest BCUT2D eigenvalue weighted by molar-refractivity contribution is 0.0764. The highest BCUT2D eigenvalue weighted by Gasteiger charge is 2.31. The fourth-order valence-electron chi connectivity index (χ4n) is 3.45. The van der Waals surface area contributed by atoms with Crippen molar-refractivity contribution >= 4 is 5.91 Å². The van der Waals surface area contributed by atoms with Gasteiger partial charge < -0.3 is 9.64 Å². The fraction of sp³-hybridized carbons (Fsp3) is 0.0909. The molecule has 1 aliphatic heterocycles. The van der Waals surface area contributed by atoms with Crippen LogP contribution in [0.5, 0.6) is 11.8 Å². The second-order valence-electron chi connectivity index (χ2n) is 6.85. The number of halogens is 1. The van der Waals surface area contributed by atoms with Crippen molar-refractivity contribution in [1.82, 2.24) is 24.6 Å². The SMILES string of the molecule is O=C1c2c(cccc2Oc2ncc(F)cn2)CN1Cc1ccc(-n2cccn2)cc1. The summed E-state index contributed by atoms with van der Waals surface area (Å²) in [6.07, 6.45) is 5.64. The van der Waals surface area contributed by atoms with Gasteiger partial charge in [0.05, 0.1) is 23.6 Å². The Morgan fingerprint density at radius 3 is 2.57 bits per heavy atom. The van der Waals surface area contributed by atoms with E-state index in [0.29, 0.717) is 24.4 Å². The molecule has 148 valence electrons. The number of hydrogen-bond donors (Lipinski definition) is 0. The molecule has 2 aromatic carbocycles. The molecule has 3 heterocycles. The van der Waals surface area contributed by atoms with E-state index in [-0.39, 0.29) is 11.9 Å². The fourth-order valence-corrected chi connectivity index (χ4v) is 3.45. The van der Waals surface area contributed by atoms with Crippen LogP contribution in [0.15, 0.2) is 73.3 Å². The summed E-state index contributed by atoms with van der Waals surface area (Å²) in [7, 11) is 0. The van der Waals surface area contributed by atoms with Crippen LogP contribution < -0.4 is 4.74 Å². The van der Waals surface area contributed by atoms with E-state index < -0.39 is 5.82 Å².